The Balaban J connectivity index is 2.36. The zero-order chi connectivity index (χ0) is 13.4. The molecule has 8 heteroatoms. The summed E-state index contributed by atoms with van der Waals surface area (Å²) in [6.45, 7) is 1.51. The van der Waals surface area contributed by atoms with E-state index in [2.05, 4.69) is 4.72 Å². The van der Waals surface area contributed by atoms with Crippen LogP contribution < -0.4 is 10.5 Å². The lowest BCUT2D eigenvalue weighted by atomic mass is 10.5. The fraction of sp³-hybridized carbons (Fsp3) is 0.600. The highest BCUT2D eigenvalue weighted by Gasteiger charge is 2.17. The maximum Gasteiger partial charge on any atom is 0.274 e. The van der Waals surface area contributed by atoms with Crippen molar-refractivity contribution in [2.75, 3.05) is 33.5 Å². The van der Waals surface area contributed by atoms with E-state index < -0.39 is 10.0 Å². The molecule has 7 nitrogen and oxygen atoms in total. The average molecular weight is 278 g/mol. The van der Waals surface area contributed by atoms with E-state index in [0.717, 1.165) is 0 Å². The predicted octanol–water partition coefficient (Wildman–Crippen LogP) is -0.320. The quantitative estimate of drug-likeness (QED) is 0.600. The van der Waals surface area contributed by atoms with Crippen LogP contribution in [0.3, 0.4) is 0 Å². The van der Waals surface area contributed by atoms with E-state index in [-0.39, 0.29) is 24.8 Å². The van der Waals surface area contributed by atoms with Crippen LogP contribution in [0.1, 0.15) is 5.76 Å². The Morgan fingerprint density at radius 3 is 2.72 bits per heavy atom. The third-order valence-corrected chi connectivity index (χ3v) is 3.41. The minimum atomic E-state index is -3.63. The third kappa shape index (κ3) is 4.75. The van der Waals surface area contributed by atoms with Gasteiger partial charge in [-0.2, -0.15) is 0 Å². The van der Waals surface area contributed by atoms with Gasteiger partial charge in [0.25, 0.3) is 10.0 Å². The maximum atomic E-state index is 11.7. The molecule has 0 aliphatic heterocycles. The fourth-order valence-electron chi connectivity index (χ4n) is 1.18. The summed E-state index contributed by atoms with van der Waals surface area (Å²) < 4.78 is 40.8. The summed E-state index contributed by atoms with van der Waals surface area (Å²) in [5.74, 6) is 0.423. The van der Waals surface area contributed by atoms with Crippen molar-refractivity contribution in [1.29, 1.82) is 0 Å². The second-order valence-electron chi connectivity index (χ2n) is 3.43. The highest BCUT2D eigenvalue weighted by Crippen LogP contribution is 2.12. The molecule has 1 heterocycles. The largest absolute Gasteiger partial charge is 0.447 e. The van der Waals surface area contributed by atoms with Crippen molar-refractivity contribution < 1.29 is 22.3 Å². The molecule has 1 aromatic heterocycles. The predicted molar refractivity (Wildman–Crippen MR) is 64.5 cm³/mol. The molecule has 3 N–H and O–H groups in total. The number of ether oxygens (including phenoxy) is 2. The van der Waals surface area contributed by atoms with Crippen LogP contribution in [-0.2, 0) is 26.0 Å². The number of nitrogens with one attached hydrogen (secondary N) is 1. The van der Waals surface area contributed by atoms with Gasteiger partial charge in [0.1, 0.15) is 5.76 Å². The van der Waals surface area contributed by atoms with E-state index in [1.807, 2.05) is 0 Å². The molecule has 0 spiro atoms. The van der Waals surface area contributed by atoms with E-state index in [1.54, 1.807) is 7.11 Å². The van der Waals surface area contributed by atoms with Crippen molar-refractivity contribution in [2.24, 2.45) is 5.73 Å². The number of methoxy groups -OCH3 is 1. The molecular weight excluding hydrogens is 260 g/mol. The Morgan fingerprint density at radius 2 is 2.11 bits per heavy atom. The molecule has 0 radical (unpaired) electrons. The molecule has 0 bridgehead atoms. The molecule has 104 valence electrons. The van der Waals surface area contributed by atoms with Crippen LogP contribution in [0.5, 0.6) is 0 Å². The number of sulfonamides is 1. The second kappa shape index (κ2) is 7.49. The van der Waals surface area contributed by atoms with Gasteiger partial charge >= 0.3 is 0 Å². The van der Waals surface area contributed by atoms with Crippen molar-refractivity contribution in [3.8, 4) is 0 Å². The van der Waals surface area contributed by atoms with Crippen molar-refractivity contribution >= 4 is 10.0 Å². The second-order valence-corrected chi connectivity index (χ2v) is 5.13. The molecule has 1 aromatic rings. The highest BCUT2D eigenvalue weighted by atomic mass is 32.2. The molecule has 0 saturated heterocycles. The lowest BCUT2D eigenvalue weighted by Crippen LogP contribution is -2.27. The number of nitrogens with two attached hydrogens (primary N) is 1. The SMILES string of the molecule is COCCOCCNS(=O)(=O)c1ccc(CN)o1. The van der Waals surface area contributed by atoms with E-state index >= 15 is 0 Å². The van der Waals surface area contributed by atoms with E-state index in [0.29, 0.717) is 19.0 Å². The van der Waals surface area contributed by atoms with Crippen molar-refractivity contribution in [1.82, 2.24) is 4.72 Å². The van der Waals surface area contributed by atoms with Crippen molar-refractivity contribution in [2.45, 2.75) is 11.6 Å². The Kier molecular flexibility index (Phi) is 6.30. The number of furan rings is 1. The van der Waals surface area contributed by atoms with Gasteiger partial charge in [-0.3, -0.25) is 0 Å². The maximum absolute atomic E-state index is 11.7. The van der Waals surface area contributed by atoms with Crippen molar-refractivity contribution in [3.63, 3.8) is 0 Å². The van der Waals surface area contributed by atoms with Gasteiger partial charge in [0, 0.05) is 13.7 Å². The molecule has 0 aliphatic rings. The first kappa shape index (κ1) is 15.1. The van der Waals surface area contributed by atoms with Gasteiger partial charge in [0.05, 0.1) is 26.4 Å². The molecule has 18 heavy (non-hydrogen) atoms. The van der Waals surface area contributed by atoms with Crippen molar-refractivity contribution in [3.05, 3.63) is 17.9 Å². The molecule has 0 amide bonds. The summed E-state index contributed by atoms with van der Waals surface area (Å²) in [7, 11) is -2.06. The van der Waals surface area contributed by atoms with E-state index in [9.17, 15) is 8.42 Å². The van der Waals surface area contributed by atoms with E-state index in [4.69, 9.17) is 19.6 Å². The van der Waals surface area contributed by atoms with E-state index in [1.165, 1.54) is 12.1 Å². The first-order valence-corrected chi connectivity index (χ1v) is 6.93. The lowest BCUT2D eigenvalue weighted by molar-refractivity contribution is 0.0736. The zero-order valence-corrected chi connectivity index (χ0v) is 11.0. The van der Waals surface area contributed by atoms with Crippen LogP contribution in [-0.4, -0.2) is 41.9 Å². The normalized spacial score (nSPS) is 11.9. The van der Waals surface area contributed by atoms with Crippen LogP contribution in [0, 0.1) is 0 Å². The average Bonchev–Trinajstić information content (AvgIpc) is 2.83. The van der Waals surface area contributed by atoms with Gasteiger partial charge in [-0.1, -0.05) is 0 Å². The Labute approximate surface area is 106 Å². The summed E-state index contributed by atoms with van der Waals surface area (Å²) >= 11 is 0. The van der Waals surface area contributed by atoms with Gasteiger partial charge in [0.2, 0.25) is 5.09 Å². The fourth-order valence-corrected chi connectivity index (χ4v) is 2.13. The number of hydrogen-bond donors (Lipinski definition) is 2. The minimum absolute atomic E-state index is 0.139. The Morgan fingerprint density at radius 1 is 1.33 bits per heavy atom. The first-order valence-electron chi connectivity index (χ1n) is 5.45. The number of rotatable bonds is 9. The summed E-state index contributed by atoms with van der Waals surface area (Å²) in [5.41, 5.74) is 5.33. The highest BCUT2D eigenvalue weighted by molar-refractivity contribution is 7.89. The number of hydrogen-bond acceptors (Lipinski definition) is 6. The lowest BCUT2D eigenvalue weighted by Gasteiger charge is -2.05. The van der Waals surface area contributed by atoms with Gasteiger partial charge in [0.15, 0.2) is 0 Å². The van der Waals surface area contributed by atoms with Crippen LogP contribution in [0.2, 0.25) is 0 Å². The summed E-state index contributed by atoms with van der Waals surface area (Å²) in [6, 6.07) is 2.90. The van der Waals surface area contributed by atoms with Gasteiger partial charge in [-0.05, 0) is 12.1 Å². The molecule has 0 aliphatic carbocycles. The van der Waals surface area contributed by atoms with Crippen LogP contribution in [0.4, 0.5) is 0 Å². The summed E-state index contributed by atoms with van der Waals surface area (Å²) in [5, 5.41) is -0.139. The molecule has 0 fully saturated rings. The van der Waals surface area contributed by atoms with Gasteiger partial charge in [-0.15, -0.1) is 0 Å². The van der Waals surface area contributed by atoms with Gasteiger partial charge < -0.3 is 19.6 Å². The van der Waals surface area contributed by atoms with Gasteiger partial charge in [-0.25, -0.2) is 13.1 Å². The Bertz CT molecular complexity index is 443. The molecule has 1 rings (SSSR count). The molecule has 0 unspecified atom stereocenters. The monoisotopic (exact) mass is 278 g/mol. The first-order chi connectivity index (χ1) is 8.60. The molecule has 0 aromatic carbocycles. The van der Waals surface area contributed by atoms with Crippen LogP contribution in [0.25, 0.3) is 0 Å². The molecule has 0 saturated carbocycles. The Hall–Kier alpha value is -0.930. The minimum Gasteiger partial charge on any atom is -0.447 e. The molecule has 0 atom stereocenters. The van der Waals surface area contributed by atoms with Crippen LogP contribution >= 0.6 is 0 Å². The standard InChI is InChI=1S/C10H18N2O5S/c1-15-6-7-16-5-4-12-18(13,14)10-3-2-9(8-11)17-10/h2-3,12H,4-8,11H2,1H3. The smallest absolute Gasteiger partial charge is 0.274 e. The summed E-state index contributed by atoms with van der Waals surface area (Å²) in [6.07, 6.45) is 0. The molecular formula is C10H18N2O5S. The summed E-state index contributed by atoms with van der Waals surface area (Å²) in [4.78, 5) is 0. The van der Waals surface area contributed by atoms with Crippen LogP contribution in [0.15, 0.2) is 21.6 Å². The third-order valence-electron chi connectivity index (χ3n) is 2.07. The zero-order valence-electron chi connectivity index (χ0n) is 10.2. The topological polar surface area (TPSA) is 104 Å².